The molecule has 0 aliphatic rings. The summed E-state index contributed by atoms with van der Waals surface area (Å²) in [6.07, 6.45) is 2.49. The van der Waals surface area contributed by atoms with Crippen molar-refractivity contribution >= 4 is 58.7 Å². The molecular formula is C29H40N9O6+. The number of amides is 3. The highest BCUT2D eigenvalue weighted by atomic mass is 16.6. The molecule has 15 nitrogen and oxygen atoms in total. The molecule has 0 aliphatic carbocycles. The van der Waals surface area contributed by atoms with Gasteiger partial charge in [-0.15, -0.1) is 0 Å². The van der Waals surface area contributed by atoms with Gasteiger partial charge in [-0.25, -0.2) is 23.9 Å². The van der Waals surface area contributed by atoms with Gasteiger partial charge in [0.1, 0.15) is 17.7 Å². The van der Waals surface area contributed by atoms with E-state index in [9.17, 15) is 14.4 Å². The lowest BCUT2D eigenvalue weighted by Gasteiger charge is -2.19. The third-order valence-corrected chi connectivity index (χ3v) is 6.48. The molecule has 3 amide bonds. The highest BCUT2D eigenvalue weighted by Crippen LogP contribution is 2.24. The molecule has 0 unspecified atom stereocenters. The van der Waals surface area contributed by atoms with Crippen molar-refractivity contribution in [1.82, 2.24) is 30.2 Å². The van der Waals surface area contributed by atoms with Gasteiger partial charge in [0.05, 0.1) is 13.1 Å². The number of carbonyl (C=O) groups is 4. The van der Waals surface area contributed by atoms with E-state index >= 15 is 0 Å². The standard InChI is InChI=1S/C28H37N9O4.CH2O2/c1-6-36-20-10-9-18(26(39)31-12-8-13-32-27(40)41-28(3,4)5)15-21(20)37(7-2)22(36)16-35(17-38)25-23(29)34-24-19(33-25)11-14-30-24;2-1-3/h9-11,14-15,17H,6-8,12-13,16H2,1-5H3,(H4-,29,30,31,32,33,34,39,40);1H,(H,2,3)/p+1. The maximum Gasteiger partial charge on any atom is 0.407 e. The van der Waals surface area contributed by atoms with Gasteiger partial charge >= 0.3 is 6.09 Å². The van der Waals surface area contributed by atoms with Crippen molar-refractivity contribution in [2.45, 2.75) is 66.3 Å². The van der Waals surface area contributed by atoms with Crippen LogP contribution in [0, 0.1) is 0 Å². The second-order valence-corrected chi connectivity index (χ2v) is 10.6. The minimum atomic E-state index is -0.563. The molecule has 4 aromatic rings. The van der Waals surface area contributed by atoms with Crippen LogP contribution in [0.4, 0.5) is 16.4 Å². The highest BCUT2D eigenvalue weighted by Gasteiger charge is 2.28. The number of rotatable bonds is 11. The Balaban J connectivity index is 0.00000169. The summed E-state index contributed by atoms with van der Waals surface area (Å²) >= 11 is 0. The predicted molar refractivity (Wildman–Crippen MR) is 164 cm³/mol. The summed E-state index contributed by atoms with van der Waals surface area (Å²) < 4.78 is 9.40. The topological polar surface area (TPSA) is 201 Å². The second kappa shape index (κ2) is 14.8. The molecule has 6 N–H and O–H groups in total. The number of ether oxygens (including phenoxy) is 1. The van der Waals surface area contributed by atoms with Crippen molar-refractivity contribution in [1.29, 1.82) is 0 Å². The van der Waals surface area contributed by atoms with Crippen LogP contribution in [0.15, 0.2) is 30.5 Å². The van der Waals surface area contributed by atoms with Crippen LogP contribution in [0.3, 0.4) is 0 Å². The average molecular weight is 611 g/mol. The number of aromatic amines is 1. The van der Waals surface area contributed by atoms with Crippen molar-refractivity contribution in [3.63, 3.8) is 0 Å². The summed E-state index contributed by atoms with van der Waals surface area (Å²) in [7, 11) is 0. The zero-order valence-electron chi connectivity index (χ0n) is 25.6. The zero-order chi connectivity index (χ0) is 32.4. The van der Waals surface area contributed by atoms with Gasteiger partial charge in [0, 0.05) is 30.9 Å². The Morgan fingerprint density at radius 2 is 1.86 bits per heavy atom. The molecule has 0 atom stereocenters. The fraction of sp³-hybridized carbons (Fsp3) is 0.414. The minimum absolute atomic E-state index is 0.148. The monoisotopic (exact) mass is 610 g/mol. The number of H-pyrrole nitrogens is 1. The van der Waals surface area contributed by atoms with E-state index in [0.29, 0.717) is 55.7 Å². The van der Waals surface area contributed by atoms with Gasteiger partial charge in [-0.2, -0.15) is 0 Å². The predicted octanol–water partition coefficient (Wildman–Crippen LogP) is 2.33. The molecule has 0 aliphatic heterocycles. The Morgan fingerprint density at radius 3 is 2.50 bits per heavy atom. The second-order valence-electron chi connectivity index (χ2n) is 10.6. The number of aromatic nitrogens is 5. The van der Waals surface area contributed by atoms with E-state index in [1.165, 1.54) is 4.90 Å². The van der Waals surface area contributed by atoms with Gasteiger partial charge in [0.15, 0.2) is 28.3 Å². The van der Waals surface area contributed by atoms with Crippen LogP contribution in [-0.2, 0) is 34.0 Å². The number of carboxylic acid groups (broad SMARTS) is 1. The number of fused-ring (bicyclic) bond motifs is 2. The van der Waals surface area contributed by atoms with E-state index in [0.717, 1.165) is 16.9 Å². The number of nitrogens with two attached hydrogens (primary N) is 1. The third kappa shape index (κ3) is 7.99. The number of aryl methyl sites for hydroxylation is 2. The number of benzene rings is 1. The maximum atomic E-state index is 12.9. The molecule has 3 aromatic heterocycles. The molecule has 236 valence electrons. The number of imidazole rings is 1. The molecule has 0 bridgehead atoms. The van der Waals surface area contributed by atoms with E-state index in [-0.39, 0.29) is 30.6 Å². The summed E-state index contributed by atoms with van der Waals surface area (Å²) in [6.45, 7) is 11.4. The molecule has 15 heteroatoms. The van der Waals surface area contributed by atoms with Gasteiger partial charge in [-0.05, 0) is 59.2 Å². The van der Waals surface area contributed by atoms with E-state index in [2.05, 4.69) is 34.7 Å². The molecule has 44 heavy (non-hydrogen) atoms. The number of nitrogen functional groups attached to an aromatic ring is 1. The third-order valence-electron chi connectivity index (χ3n) is 6.48. The van der Waals surface area contributed by atoms with Gasteiger partial charge in [0.2, 0.25) is 6.41 Å². The first kappa shape index (κ1) is 33.3. The fourth-order valence-corrected chi connectivity index (χ4v) is 4.71. The fourth-order valence-electron chi connectivity index (χ4n) is 4.71. The lowest BCUT2D eigenvalue weighted by atomic mass is 10.2. The first-order chi connectivity index (χ1) is 21.0. The van der Waals surface area contributed by atoms with Crippen molar-refractivity contribution in [2.24, 2.45) is 0 Å². The number of hydrogen-bond acceptors (Lipinski definition) is 8. The Bertz CT molecular complexity index is 1620. The normalized spacial score (nSPS) is 11.0. The molecule has 0 saturated carbocycles. The van der Waals surface area contributed by atoms with Crippen LogP contribution >= 0.6 is 0 Å². The Kier molecular flexibility index (Phi) is 11.2. The van der Waals surface area contributed by atoms with E-state index < -0.39 is 11.7 Å². The lowest BCUT2D eigenvalue weighted by molar-refractivity contribution is -0.676. The van der Waals surface area contributed by atoms with Gasteiger partial charge < -0.3 is 31.2 Å². The van der Waals surface area contributed by atoms with Crippen LogP contribution in [0.1, 0.15) is 57.2 Å². The number of hydrogen-bond donors (Lipinski definition) is 5. The van der Waals surface area contributed by atoms with Gasteiger partial charge in [-0.1, -0.05) is 0 Å². The van der Waals surface area contributed by atoms with Crippen LogP contribution in [0.5, 0.6) is 0 Å². The summed E-state index contributed by atoms with van der Waals surface area (Å²) in [5.74, 6) is 1.08. The molecule has 0 saturated heterocycles. The van der Waals surface area contributed by atoms with Crippen LogP contribution in [0.25, 0.3) is 22.2 Å². The van der Waals surface area contributed by atoms with Crippen LogP contribution < -0.4 is 25.8 Å². The zero-order valence-corrected chi connectivity index (χ0v) is 25.6. The summed E-state index contributed by atoms with van der Waals surface area (Å²) in [4.78, 5) is 58.6. The molecule has 3 heterocycles. The number of nitrogens with one attached hydrogen (secondary N) is 3. The van der Waals surface area contributed by atoms with Crippen molar-refractivity contribution in [3.8, 4) is 0 Å². The average Bonchev–Trinajstić information content (AvgIpc) is 3.54. The SMILES string of the molecule is CCn1c(CN(C=O)c2nc3cc[nH]c3nc2N)[n+](CC)c2ccc(C(=O)NCCCNC(=O)OC(C)(C)C)cc21.O=CO. The Hall–Kier alpha value is -5.21. The minimum Gasteiger partial charge on any atom is -0.483 e. The summed E-state index contributed by atoms with van der Waals surface area (Å²) in [5, 5.41) is 12.5. The molecule has 0 fully saturated rings. The van der Waals surface area contributed by atoms with E-state index in [4.69, 9.17) is 20.4 Å². The Labute approximate surface area is 254 Å². The first-order valence-electron chi connectivity index (χ1n) is 14.2. The largest absolute Gasteiger partial charge is 0.483 e. The van der Waals surface area contributed by atoms with Crippen LogP contribution in [-0.4, -0.2) is 68.2 Å². The molecular weight excluding hydrogens is 570 g/mol. The number of anilines is 2. The molecule has 0 spiro atoms. The Morgan fingerprint density at radius 1 is 1.16 bits per heavy atom. The van der Waals surface area contributed by atoms with Crippen molar-refractivity contribution < 1.29 is 33.6 Å². The quantitative estimate of drug-likeness (QED) is 0.0960. The highest BCUT2D eigenvalue weighted by molar-refractivity contribution is 5.97. The molecule has 0 radical (unpaired) electrons. The smallest absolute Gasteiger partial charge is 0.407 e. The van der Waals surface area contributed by atoms with E-state index in [1.54, 1.807) is 39.1 Å². The van der Waals surface area contributed by atoms with E-state index in [1.807, 2.05) is 26.0 Å². The summed E-state index contributed by atoms with van der Waals surface area (Å²) in [5.41, 5.74) is 9.08. The lowest BCUT2D eigenvalue weighted by Crippen LogP contribution is -2.40. The number of carbonyl (C=O) groups excluding carboxylic acids is 3. The summed E-state index contributed by atoms with van der Waals surface area (Å²) in [6, 6.07) is 7.33. The molecule has 1 aromatic carbocycles. The van der Waals surface area contributed by atoms with Gasteiger partial charge in [-0.3, -0.25) is 19.3 Å². The number of alkyl carbamates (subject to hydrolysis) is 1. The van der Waals surface area contributed by atoms with Crippen molar-refractivity contribution in [3.05, 3.63) is 41.9 Å². The van der Waals surface area contributed by atoms with Gasteiger partial charge in [0.25, 0.3) is 18.2 Å². The first-order valence-corrected chi connectivity index (χ1v) is 14.2. The van der Waals surface area contributed by atoms with Crippen LogP contribution in [0.2, 0.25) is 0 Å². The number of nitrogens with zero attached hydrogens (tertiary/aromatic N) is 5. The van der Waals surface area contributed by atoms with Crippen molar-refractivity contribution in [2.75, 3.05) is 23.7 Å². The maximum absolute atomic E-state index is 12.9. The molecule has 4 rings (SSSR count).